The number of benzene rings is 2. The zero-order chi connectivity index (χ0) is 27.0. The van der Waals surface area contributed by atoms with Crippen molar-refractivity contribution in [2.45, 2.75) is 26.1 Å². The molecule has 2 aliphatic rings. The molecule has 0 saturated carbocycles. The maximum absolute atomic E-state index is 13.1. The van der Waals surface area contributed by atoms with E-state index in [-0.39, 0.29) is 30.1 Å². The monoisotopic (exact) mass is 539 g/mol. The van der Waals surface area contributed by atoms with Crippen molar-refractivity contribution in [2.75, 3.05) is 18.5 Å². The van der Waals surface area contributed by atoms with Crippen molar-refractivity contribution in [1.29, 1.82) is 0 Å². The van der Waals surface area contributed by atoms with E-state index >= 15 is 0 Å². The summed E-state index contributed by atoms with van der Waals surface area (Å²) in [5.74, 6) is -0.155. The summed E-state index contributed by atoms with van der Waals surface area (Å²) < 4.78 is 10.8. The van der Waals surface area contributed by atoms with Crippen LogP contribution in [-0.2, 0) is 17.7 Å². The minimum atomic E-state index is -0.752. The van der Waals surface area contributed by atoms with Crippen LogP contribution in [0, 0.1) is 20.2 Å². The van der Waals surface area contributed by atoms with Crippen molar-refractivity contribution in [3.05, 3.63) is 84.3 Å². The second-order valence-electron chi connectivity index (χ2n) is 8.47. The van der Waals surface area contributed by atoms with Crippen LogP contribution in [0.2, 0.25) is 0 Å². The van der Waals surface area contributed by atoms with Gasteiger partial charge in [-0.1, -0.05) is 12.1 Å². The van der Waals surface area contributed by atoms with Gasteiger partial charge in [-0.05, 0) is 42.7 Å². The van der Waals surface area contributed by atoms with Crippen LogP contribution >= 0.6 is 11.3 Å². The van der Waals surface area contributed by atoms with E-state index in [1.165, 1.54) is 17.4 Å². The van der Waals surface area contributed by atoms with Crippen molar-refractivity contribution >= 4 is 39.7 Å². The fraction of sp³-hybridized carbons (Fsp3) is 0.250. The Balaban J connectivity index is 1.37. The number of amides is 2. The molecule has 2 aliphatic heterocycles. The van der Waals surface area contributed by atoms with Crippen LogP contribution in [0.4, 0.5) is 21.2 Å². The maximum Gasteiger partial charge on any atom is 0.410 e. The highest BCUT2D eigenvalue weighted by molar-refractivity contribution is 7.16. The molecular weight excluding hydrogens is 518 g/mol. The maximum atomic E-state index is 13.1. The van der Waals surface area contributed by atoms with Gasteiger partial charge in [0.2, 0.25) is 5.75 Å². The van der Waals surface area contributed by atoms with Crippen LogP contribution in [-0.4, -0.2) is 39.9 Å². The number of ether oxygens (including phenoxy) is 2. The first-order valence-corrected chi connectivity index (χ1v) is 12.4. The molecule has 14 heteroatoms. The average molecular weight is 540 g/mol. The highest BCUT2D eigenvalue weighted by Crippen LogP contribution is 2.41. The van der Waals surface area contributed by atoms with Gasteiger partial charge >= 0.3 is 11.8 Å². The lowest BCUT2D eigenvalue weighted by Gasteiger charge is -2.28. The molecule has 0 bridgehead atoms. The van der Waals surface area contributed by atoms with E-state index in [4.69, 9.17) is 9.47 Å². The van der Waals surface area contributed by atoms with Crippen LogP contribution in [0.3, 0.4) is 0 Å². The van der Waals surface area contributed by atoms with Crippen molar-refractivity contribution in [3.63, 3.8) is 0 Å². The molecule has 2 aromatic carbocycles. The van der Waals surface area contributed by atoms with Gasteiger partial charge in [0.25, 0.3) is 11.6 Å². The van der Waals surface area contributed by atoms with E-state index in [9.17, 15) is 29.8 Å². The molecule has 0 radical (unpaired) electrons. The Morgan fingerprint density at radius 3 is 2.71 bits per heavy atom. The lowest BCUT2D eigenvalue weighted by molar-refractivity contribution is -0.394. The van der Waals surface area contributed by atoms with Crippen LogP contribution in [0.25, 0.3) is 0 Å². The number of hydrogen-bond donors (Lipinski definition) is 2. The van der Waals surface area contributed by atoms with E-state index in [1.54, 1.807) is 36.1 Å². The molecule has 0 spiro atoms. The molecule has 196 valence electrons. The molecule has 5 rings (SSSR count). The number of anilines is 1. The molecule has 0 aliphatic carbocycles. The Hall–Kier alpha value is -4.72. The van der Waals surface area contributed by atoms with E-state index in [0.717, 1.165) is 22.6 Å². The molecule has 0 saturated heterocycles. The van der Waals surface area contributed by atoms with Crippen LogP contribution in [0.1, 0.15) is 39.5 Å². The summed E-state index contributed by atoms with van der Waals surface area (Å²) in [6.45, 7) is 2.86. The number of nitro benzene ring substituents is 2. The summed E-state index contributed by atoms with van der Waals surface area (Å²) in [5, 5.41) is 29.4. The molecule has 0 fully saturated rings. The lowest BCUT2D eigenvalue weighted by Crippen LogP contribution is -2.39. The number of thiophene rings is 1. The summed E-state index contributed by atoms with van der Waals surface area (Å²) in [6.07, 6.45) is -0.451. The van der Waals surface area contributed by atoms with Crippen LogP contribution < -0.4 is 15.4 Å². The minimum Gasteiger partial charge on any atom is -0.450 e. The standard InChI is InChI=1S/C24H21N5O8S/c1-2-36-24(31)27-9-8-16-19(12-27)38-23-20(16)22(30)25-21(26-23)13-4-3-5-15(10-13)37-18-7-6-14(28(32)33)11-17(18)29(34)35/h3-7,10-11,21,26H,2,8-9,12H2,1H3,(H,25,30)/t21-/m0/s1. The Labute approximate surface area is 219 Å². The Kier molecular flexibility index (Phi) is 6.55. The van der Waals surface area contributed by atoms with E-state index in [1.807, 2.05) is 0 Å². The molecule has 0 unspecified atom stereocenters. The van der Waals surface area contributed by atoms with Crippen molar-refractivity contribution in [2.24, 2.45) is 0 Å². The average Bonchev–Trinajstić information content (AvgIpc) is 3.27. The summed E-state index contributed by atoms with van der Waals surface area (Å²) >= 11 is 1.41. The molecule has 3 heterocycles. The van der Waals surface area contributed by atoms with Gasteiger partial charge in [-0.3, -0.25) is 25.0 Å². The SMILES string of the molecule is CCOC(=O)N1CCc2c(sc3c2C(=O)N[C@H](c2cccc(Oc4ccc([N+](=O)[O-])cc4[N+](=O)[O-])c2)N3)C1. The van der Waals surface area contributed by atoms with Crippen molar-refractivity contribution < 1.29 is 28.9 Å². The summed E-state index contributed by atoms with van der Waals surface area (Å²) in [5.41, 5.74) is 1.15. The van der Waals surface area contributed by atoms with Gasteiger partial charge in [-0.2, -0.15) is 0 Å². The fourth-order valence-corrected chi connectivity index (χ4v) is 5.67. The molecule has 38 heavy (non-hydrogen) atoms. The third-order valence-corrected chi connectivity index (χ3v) is 7.28. The fourth-order valence-electron chi connectivity index (χ4n) is 4.39. The minimum absolute atomic E-state index is 0.155. The second kappa shape index (κ2) is 9.97. The van der Waals surface area contributed by atoms with Gasteiger partial charge in [0.1, 0.15) is 16.9 Å². The highest BCUT2D eigenvalue weighted by Gasteiger charge is 2.34. The Bertz CT molecular complexity index is 1470. The molecule has 3 aromatic rings. The largest absolute Gasteiger partial charge is 0.450 e. The van der Waals surface area contributed by atoms with Gasteiger partial charge in [0, 0.05) is 17.5 Å². The summed E-state index contributed by atoms with van der Waals surface area (Å²) in [6, 6.07) is 9.76. The summed E-state index contributed by atoms with van der Waals surface area (Å²) in [7, 11) is 0. The van der Waals surface area contributed by atoms with Gasteiger partial charge in [0.15, 0.2) is 0 Å². The van der Waals surface area contributed by atoms with Gasteiger partial charge < -0.3 is 25.0 Å². The first kappa shape index (κ1) is 25.0. The second-order valence-corrected chi connectivity index (χ2v) is 9.58. The normalized spacial score (nSPS) is 16.0. The lowest BCUT2D eigenvalue weighted by atomic mass is 10.0. The number of nitrogens with one attached hydrogen (secondary N) is 2. The predicted octanol–water partition coefficient (Wildman–Crippen LogP) is 4.73. The first-order chi connectivity index (χ1) is 18.2. The van der Waals surface area contributed by atoms with Crippen LogP contribution in [0.5, 0.6) is 11.5 Å². The number of carbonyl (C=O) groups is 2. The zero-order valence-corrected chi connectivity index (χ0v) is 20.8. The Morgan fingerprint density at radius 1 is 1.16 bits per heavy atom. The molecule has 1 atom stereocenters. The van der Waals surface area contributed by atoms with Crippen molar-refractivity contribution in [3.8, 4) is 11.5 Å². The van der Waals surface area contributed by atoms with Gasteiger partial charge in [0.05, 0.1) is 34.6 Å². The number of nitrogens with zero attached hydrogens (tertiary/aromatic N) is 3. The number of non-ortho nitro benzene ring substituents is 1. The number of fused-ring (bicyclic) bond motifs is 3. The number of nitro groups is 2. The zero-order valence-electron chi connectivity index (χ0n) is 20.0. The van der Waals surface area contributed by atoms with E-state index in [2.05, 4.69) is 10.6 Å². The van der Waals surface area contributed by atoms with Crippen molar-refractivity contribution in [1.82, 2.24) is 10.2 Å². The molecule has 2 amide bonds. The third kappa shape index (κ3) is 4.68. The number of hydrogen-bond acceptors (Lipinski definition) is 10. The smallest absolute Gasteiger partial charge is 0.410 e. The highest BCUT2D eigenvalue weighted by atomic mass is 32.1. The molecule has 1 aromatic heterocycles. The number of rotatable bonds is 6. The predicted molar refractivity (Wildman–Crippen MR) is 136 cm³/mol. The first-order valence-electron chi connectivity index (χ1n) is 11.6. The van der Waals surface area contributed by atoms with Crippen LogP contribution in [0.15, 0.2) is 42.5 Å². The molecule has 2 N–H and O–H groups in total. The Morgan fingerprint density at radius 2 is 1.97 bits per heavy atom. The van der Waals surface area contributed by atoms with E-state index in [0.29, 0.717) is 35.6 Å². The third-order valence-electron chi connectivity index (χ3n) is 6.13. The quantitative estimate of drug-likeness (QED) is 0.333. The van der Waals surface area contributed by atoms with Gasteiger partial charge in [-0.25, -0.2) is 4.79 Å². The number of carbonyl (C=O) groups excluding carboxylic acids is 2. The molecule has 13 nitrogen and oxygen atoms in total. The van der Waals surface area contributed by atoms with E-state index < -0.39 is 27.4 Å². The molecular formula is C24H21N5O8S. The van der Waals surface area contributed by atoms with Gasteiger partial charge in [-0.15, -0.1) is 11.3 Å². The topological polar surface area (TPSA) is 166 Å². The summed E-state index contributed by atoms with van der Waals surface area (Å²) in [4.78, 5) is 48.7.